The number of hydrogen-bond acceptors (Lipinski definition) is 3. The van der Waals surface area contributed by atoms with E-state index in [1.165, 1.54) is 4.90 Å². The summed E-state index contributed by atoms with van der Waals surface area (Å²) in [4.78, 5) is 25.0. The number of amides is 1. The Hall–Kier alpha value is -1.10. The number of likely N-dealkylation sites (tertiary alicyclic amines) is 1. The summed E-state index contributed by atoms with van der Waals surface area (Å²) in [5.41, 5.74) is 0. The number of rotatable bonds is 6. The zero-order valence-electron chi connectivity index (χ0n) is 11.5. The maximum atomic E-state index is 12.1. The number of fused-ring (bicyclic) bond motifs is 1. The molecule has 5 nitrogen and oxygen atoms in total. The first-order chi connectivity index (χ1) is 9.15. The molecule has 1 saturated heterocycles. The van der Waals surface area contributed by atoms with Gasteiger partial charge in [0.1, 0.15) is 12.6 Å². The Morgan fingerprint density at radius 2 is 2.16 bits per heavy atom. The number of carbonyl (C=O) groups excluding carboxylic acids is 1. The molecule has 2 aliphatic rings. The second kappa shape index (κ2) is 6.37. The molecule has 0 spiro atoms. The van der Waals surface area contributed by atoms with Crippen LogP contribution in [0.1, 0.15) is 39.0 Å². The van der Waals surface area contributed by atoms with E-state index in [-0.39, 0.29) is 18.4 Å². The smallest absolute Gasteiger partial charge is 0.326 e. The molecule has 0 aromatic carbocycles. The maximum absolute atomic E-state index is 12.1. The van der Waals surface area contributed by atoms with Gasteiger partial charge < -0.3 is 14.7 Å². The number of carboxylic acid groups (broad SMARTS) is 1. The van der Waals surface area contributed by atoms with Crippen LogP contribution in [0.4, 0.5) is 0 Å². The summed E-state index contributed by atoms with van der Waals surface area (Å²) >= 11 is 0. The van der Waals surface area contributed by atoms with Crippen molar-refractivity contribution in [3.63, 3.8) is 0 Å². The molecule has 2 fully saturated rings. The monoisotopic (exact) mass is 269 g/mol. The number of carbonyl (C=O) groups is 2. The van der Waals surface area contributed by atoms with Crippen LogP contribution in [0, 0.1) is 11.8 Å². The van der Waals surface area contributed by atoms with Gasteiger partial charge in [-0.05, 0) is 31.1 Å². The second-order valence-electron chi connectivity index (χ2n) is 5.59. The van der Waals surface area contributed by atoms with Crippen molar-refractivity contribution in [2.45, 2.75) is 45.1 Å². The average Bonchev–Trinajstić information content (AvgIpc) is 2.93. The summed E-state index contributed by atoms with van der Waals surface area (Å²) in [6, 6.07) is -0.630. The predicted octanol–water partition coefficient (Wildman–Crippen LogP) is 1.51. The minimum absolute atomic E-state index is 0.0171. The van der Waals surface area contributed by atoms with Crippen LogP contribution in [0.3, 0.4) is 0 Å². The molecule has 19 heavy (non-hydrogen) atoms. The highest BCUT2D eigenvalue weighted by Crippen LogP contribution is 2.42. The highest BCUT2D eigenvalue weighted by Gasteiger charge is 2.49. The van der Waals surface area contributed by atoms with Crippen LogP contribution in [-0.4, -0.2) is 47.7 Å². The third-order valence-corrected chi connectivity index (χ3v) is 4.33. The van der Waals surface area contributed by atoms with Gasteiger partial charge >= 0.3 is 5.97 Å². The Kier molecular flexibility index (Phi) is 4.80. The van der Waals surface area contributed by atoms with Crippen molar-refractivity contribution in [3.8, 4) is 0 Å². The zero-order valence-corrected chi connectivity index (χ0v) is 11.5. The molecule has 1 heterocycles. The van der Waals surface area contributed by atoms with Crippen LogP contribution in [0.5, 0.6) is 0 Å². The minimum atomic E-state index is -0.865. The van der Waals surface area contributed by atoms with Gasteiger partial charge in [0.15, 0.2) is 0 Å². The maximum Gasteiger partial charge on any atom is 0.326 e. The van der Waals surface area contributed by atoms with E-state index in [0.29, 0.717) is 19.1 Å². The molecule has 1 aliphatic heterocycles. The summed E-state index contributed by atoms with van der Waals surface area (Å²) < 4.78 is 5.31. The molecule has 3 unspecified atom stereocenters. The van der Waals surface area contributed by atoms with Crippen LogP contribution >= 0.6 is 0 Å². The Balaban J connectivity index is 1.91. The number of hydrogen-bond donors (Lipinski definition) is 1. The first kappa shape index (κ1) is 14.3. The number of ether oxygens (including phenoxy) is 1. The van der Waals surface area contributed by atoms with Crippen molar-refractivity contribution >= 4 is 11.9 Å². The van der Waals surface area contributed by atoms with E-state index in [1.54, 1.807) is 0 Å². The van der Waals surface area contributed by atoms with E-state index in [1.807, 2.05) is 0 Å². The lowest BCUT2D eigenvalue weighted by atomic mass is 9.94. The molecule has 2 rings (SSSR count). The van der Waals surface area contributed by atoms with E-state index >= 15 is 0 Å². The lowest BCUT2D eigenvalue weighted by molar-refractivity contribution is -0.151. The summed E-state index contributed by atoms with van der Waals surface area (Å²) in [6.07, 6.45) is 5.03. The lowest BCUT2D eigenvalue weighted by Crippen LogP contribution is -2.44. The molecular weight excluding hydrogens is 246 g/mol. The molecule has 0 radical (unpaired) electrons. The Morgan fingerprint density at radius 3 is 2.84 bits per heavy atom. The van der Waals surface area contributed by atoms with Gasteiger partial charge in [0.05, 0.1) is 0 Å². The quantitative estimate of drug-likeness (QED) is 0.742. The van der Waals surface area contributed by atoms with Crippen LogP contribution in [0.25, 0.3) is 0 Å². The normalized spacial score (nSPS) is 29.5. The number of unbranched alkanes of at least 4 members (excludes halogenated alkanes) is 1. The molecule has 0 aromatic heterocycles. The van der Waals surface area contributed by atoms with Gasteiger partial charge in [-0.3, -0.25) is 4.79 Å². The number of aliphatic carboxylic acids is 1. The standard InChI is InChI=1S/C14H23NO4/c1-2-3-7-19-9-12(16)15-8-10-5-4-6-11(10)13(15)14(17)18/h10-11,13H,2-9H2,1H3,(H,17,18). The van der Waals surface area contributed by atoms with E-state index in [4.69, 9.17) is 4.74 Å². The predicted molar refractivity (Wildman–Crippen MR) is 69.7 cm³/mol. The minimum Gasteiger partial charge on any atom is -0.480 e. The van der Waals surface area contributed by atoms with E-state index in [2.05, 4.69) is 6.92 Å². The van der Waals surface area contributed by atoms with Crippen molar-refractivity contribution < 1.29 is 19.4 Å². The molecule has 1 amide bonds. The lowest BCUT2D eigenvalue weighted by Gasteiger charge is -2.24. The third kappa shape index (κ3) is 3.08. The van der Waals surface area contributed by atoms with Crippen LogP contribution in [-0.2, 0) is 14.3 Å². The van der Waals surface area contributed by atoms with Crippen LogP contribution in [0.2, 0.25) is 0 Å². The molecule has 0 aromatic rings. The largest absolute Gasteiger partial charge is 0.480 e. The molecule has 5 heteroatoms. The van der Waals surface area contributed by atoms with E-state index < -0.39 is 12.0 Å². The van der Waals surface area contributed by atoms with E-state index in [9.17, 15) is 14.7 Å². The Bertz CT molecular complexity index is 344. The topological polar surface area (TPSA) is 66.8 Å². The van der Waals surface area contributed by atoms with Crippen molar-refractivity contribution in [2.24, 2.45) is 11.8 Å². The SMILES string of the molecule is CCCCOCC(=O)N1CC2CCCC2C1C(=O)O. The van der Waals surface area contributed by atoms with Crippen molar-refractivity contribution in [3.05, 3.63) is 0 Å². The molecule has 3 atom stereocenters. The highest BCUT2D eigenvalue weighted by atomic mass is 16.5. The van der Waals surface area contributed by atoms with Crippen LogP contribution in [0.15, 0.2) is 0 Å². The number of nitrogens with zero attached hydrogens (tertiary/aromatic N) is 1. The fraction of sp³-hybridized carbons (Fsp3) is 0.857. The average molecular weight is 269 g/mol. The number of carboxylic acids is 1. The molecule has 1 N–H and O–H groups in total. The van der Waals surface area contributed by atoms with Gasteiger partial charge in [0.2, 0.25) is 5.91 Å². The van der Waals surface area contributed by atoms with Gasteiger partial charge in [-0.2, -0.15) is 0 Å². The first-order valence-corrected chi connectivity index (χ1v) is 7.25. The van der Waals surface area contributed by atoms with Gasteiger partial charge in [0, 0.05) is 13.2 Å². The fourth-order valence-corrected chi connectivity index (χ4v) is 3.37. The van der Waals surface area contributed by atoms with Crippen molar-refractivity contribution in [2.75, 3.05) is 19.8 Å². The fourth-order valence-electron chi connectivity index (χ4n) is 3.37. The Labute approximate surface area is 113 Å². The van der Waals surface area contributed by atoms with Gasteiger partial charge in [-0.1, -0.05) is 19.8 Å². The molecular formula is C14H23NO4. The Morgan fingerprint density at radius 1 is 1.37 bits per heavy atom. The highest BCUT2D eigenvalue weighted by molar-refractivity contribution is 5.85. The molecule has 0 bridgehead atoms. The summed E-state index contributed by atoms with van der Waals surface area (Å²) in [6.45, 7) is 3.24. The van der Waals surface area contributed by atoms with Gasteiger partial charge in [-0.25, -0.2) is 4.79 Å². The van der Waals surface area contributed by atoms with Gasteiger partial charge in [-0.15, -0.1) is 0 Å². The van der Waals surface area contributed by atoms with Crippen molar-refractivity contribution in [1.82, 2.24) is 4.90 Å². The molecule has 1 aliphatic carbocycles. The molecule has 1 saturated carbocycles. The van der Waals surface area contributed by atoms with Gasteiger partial charge in [0.25, 0.3) is 0 Å². The van der Waals surface area contributed by atoms with Crippen molar-refractivity contribution in [1.29, 1.82) is 0 Å². The summed E-state index contributed by atoms with van der Waals surface area (Å²) in [5.74, 6) is -0.507. The third-order valence-electron chi connectivity index (χ3n) is 4.33. The van der Waals surface area contributed by atoms with E-state index in [0.717, 1.165) is 32.1 Å². The zero-order chi connectivity index (χ0) is 13.8. The first-order valence-electron chi connectivity index (χ1n) is 7.25. The van der Waals surface area contributed by atoms with Crippen LogP contribution < -0.4 is 0 Å². The summed E-state index contributed by atoms with van der Waals surface area (Å²) in [5, 5.41) is 9.35. The second-order valence-corrected chi connectivity index (χ2v) is 5.59. The summed E-state index contributed by atoms with van der Waals surface area (Å²) in [7, 11) is 0. The molecule has 108 valence electrons.